The molecule has 4 heteroatoms. The van der Waals surface area contributed by atoms with Gasteiger partial charge in [-0.15, -0.1) is 11.6 Å². The second-order valence-corrected chi connectivity index (χ2v) is 5.68. The third-order valence-electron chi connectivity index (χ3n) is 3.33. The fourth-order valence-electron chi connectivity index (χ4n) is 2.19. The Balaban J connectivity index is 2.32. The van der Waals surface area contributed by atoms with Gasteiger partial charge in [0, 0.05) is 17.5 Å². The van der Waals surface area contributed by atoms with Gasteiger partial charge in [-0.05, 0) is 44.4 Å². The van der Waals surface area contributed by atoms with Crippen LogP contribution in [0.4, 0.5) is 0 Å². The van der Waals surface area contributed by atoms with Gasteiger partial charge >= 0.3 is 0 Å². The molecule has 0 unspecified atom stereocenters. The summed E-state index contributed by atoms with van der Waals surface area (Å²) in [5.74, 6) is 0.299. The van der Waals surface area contributed by atoms with E-state index in [1.807, 2.05) is 12.1 Å². The Kier molecular flexibility index (Phi) is 3.82. The van der Waals surface area contributed by atoms with Crippen LogP contribution in [0.2, 0.25) is 0 Å². The molecular formula is C15H17ClN2O. The van der Waals surface area contributed by atoms with Crippen molar-refractivity contribution in [3.05, 3.63) is 35.4 Å². The van der Waals surface area contributed by atoms with Crippen molar-refractivity contribution in [1.82, 2.24) is 4.90 Å². The van der Waals surface area contributed by atoms with Gasteiger partial charge in [0.2, 0.25) is 0 Å². The fraction of sp³-hybridized carbons (Fsp3) is 0.467. The number of benzene rings is 1. The average molecular weight is 277 g/mol. The first kappa shape index (κ1) is 13.9. The molecule has 0 N–H and O–H groups in total. The number of rotatable bonds is 4. The fourth-order valence-corrected chi connectivity index (χ4v) is 2.36. The standard InChI is InChI=1S/C15H17ClN2O/c1-15(2,10-17)18(13-6-7-13)14(19)12-5-3-4-11(8-12)9-16/h3-5,8,13H,6-7,9H2,1-2H3. The molecule has 0 atom stereocenters. The van der Waals surface area contributed by atoms with Crippen LogP contribution in [0.25, 0.3) is 0 Å². The molecule has 2 rings (SSSR count). The van der Waals surface area contributed by atoms with Gasteiger partial charge in [-0.1, -0.05) is 12.1 Å². The normalized spacial score (nSPS) is 14.8. The minimum Gasteiger partial charge on any atom is -0.317 e. The van der Waals surface area contributed by atoms with Crippen LogP contribution in [0.1, 0.15) is 42.6 Å². The zero-order valence-corrected chi connectivity index (χ0v) is 11.9. The highest BCUT2D eigenvalue weighted by Crippen LogP contribution is 2.34. The van der Waals surface area contributed by atoms with E-state index in [-0.39, 0.29) is 11.9 Å². The topological polar surface area (TPSA) is 44.1 Å². The van der Waals surface area contributed by atoms with E-state index in [1.54, 1.807) is 30.9 Å². The van der Waals surface area contributed by atoms with Crippen molar-refractivity contribution in [2.45, 2.75) is 44.1 Å². The summed E-state index contributed by atoms with van der Waals surface area (Å²) >= 11 is 5.80. The van der Waals surface area contributed by atoms with Gasteiger partial charge in [-0.3, -0.25) is 4.79 Å². The number of nitriles is 1. The third-order valence-corrected chi connectivity index (χ3v) is 3.64. The highest BCUT2D eigenvalue weighted by atomic mass is 35.5. The Labute approximate surface area is 118 Å². The van der Waals surface area contributed by atoms with Gasteiger partial charge in [0.15, 0.2) is 0 Å². The molecule has 0 saturated heterocycles. The van der Waals surface area contributed by atoms with E-state index in [0.29, 0.717) is 11.4 Å². The maximum Gasteiger partial charge on any atom is 0.255 e. The zero-order chi connectivity index (χ0) is 14.0. The summed E-state index contributed by atoms with van der Waals surface area (Å²) in [7, 11) is 0. The summed E-state index contributed by atoms with van der Waals surface area (Å²) in [4.78, 5) is 14.3. The first-order valence-corrected chi connectivity index (χ1v) is 6.93. The van der Waals surface area contributed by atoms with Crippen LogP contribution in [0.3, 0.4) is 0 Å². The van der Waals surface area contributed by atoms with Crippen LogP contribution in [-0.2, 0) is 5.88 Å². The van der Waals surface area contributed by atoms with Crippen LogP contribution >= 0.6 is 11.6 Å². The van der Waals surface area contributed by atoms with Crippen LogP contribution < -0.4 is 0 Å². The molecule has 1 aliphatic carbocycles. The predicted octanol–water partition coefficient (Wildman–Crippen LogP) is 3.33. The molecule has 100 valence electrons. The van der Waals surface area contributed by atoms with Crippen molar-refractivity contribution in [2.24, 2.45) is 0 Å². The van der Waals surface area contributed by atoms with Crippen molar-refractivity contribution in [3.8, 4) is 6.07 Å². The number of hydrogen-bond acceptors (Lipinski definition) is 2. The number of hydrogen-bond donors (Lipinski definition) is 0. The van der Waals surface area contributed by atoms with Crippen molar-refractivity contribution in [2.75, 3.05) is 0 Å². The second kappa shape index (κ2) is 5.22. The van der Waals surface area contributed by atoms with Gasteiger partial charge in [-0.25, -0.2) is 0 Å². The van der Waals surface area contributed by atoms with Gasteiger partial charge < -0.3 is 4.90 Å². The van der Waals surface area contributed by atoms with E-state index in [9.17, 15) is 10.1 Å². The van der Waals surface area contributed by atoms with Crippen LogP contribution in [0.5, 0.6) is 0 Å². The monoisotopic (exact) mass is 276 g/mol. The van der Waals surface area contributed by atoms with Crippen molar-refractivity contribution < 1.29 is 4.79 Å². The molecule has 1 aromatic carbocycles. The van der Waals surface area contributed by atoms with Crippen LogP contribution in [0.15, 0.2) is 24.3 Å². The molecule has 1 amide bonds. The average Bonchev–Trinajstić information content (AvgIpc) is 3.23. The molecule has 1 aromatic rings. The predicted molar refractivity (Wildman–Crippen MR) is 74.9 cm³/mol. The SMILES string of the molecule is CC(C)(C#N)N(C(=O)c1cccc(CCl)c1)C1CC1. The Hall–Kier alpha value is -1.53. The minimum absolute atomic E-state index is 0.0824. The highest BCUT2D eigenvalue weighted by Gasteiger charge is 2.42. The lowest BCUT2D eigenvalue weighted by Crippen LogP contribution is -2.48. The summed E-state index contributed by atoms with van der Waals surface area (Å²) in [6.07, 6.45) is 1.96. The van der Waals surface area contributed by atoms with Crippen LogP contribution in [0, 0.1) is 11.3 Å². The molecule has 0 heterocycles. The number of carbonyl (C=O) groups is 1. The number of amides is 1. The third kappa shape index (κ3) is 2.90. The van der Waals surface area contributed by atoms with E-state index in [1.165, 1.54) is 0 Å². The molecule has 1 saturated carbocycles. The zero-order valence-electron chi connectivity index (χ0n) is 11.2. The van der Waals surface area contributed by atoms with Crippen LogP contribution in [-0.4, -0.2) is 22.4 Å². The van der Waals surface area contributed by atoms with Gasteiger partial charge in [-0.2, -0.15) is 5.26 Å². The molecule has 3 nitrogen and oxygen atoms in total. The summed E-state index contributed by atoms with van der Waals surface area (Å²) in [5, 5.41) is 9.27. The Morgan fingerprint density at radius 3 is 2.74 bits per heavy atom. The lowest BCUT2D eigenvalue weighted by molar-refractivity contribution is 0.0615. The van der Waals surface area contributed by atoms with Crippen molar-refractivity contribution >= 4 is 17.5 Å². The molecule has 19 heavy (non-hydrogen) atoms. The summed E-state index contributed by atoms with van der Waals surface area (Å²) < 4.78 is 0. The molecule has 1 aliphatic rings. The first-order chi connectivity index (χ1) is 8.99. The van der Waals surface area contributed by atoms with E-state index < -0.39 is 5.54 Å². The van der Waals surface area contributed by atoms with E-state index >= 15 is 0 Å². The molecule has 0 aromatic heterocycles. The Morgan fingerprint density at radius 2 is 2.21 bits per heavy atom. The molecular weight excluding hydrogens is 260 g/mol. The lowest BCUT2D eigenvalue weighted by Gasteiger charge is -2.33. The quantitative estimate of drug-likeness (QED) is 0.792. The number of halogens is 1. The number of alkyl halides is 1. The van der Waals surface area contributed by atoms with E-state index in [0.717, 1.165) is 18.4 Å². The number of nitrogens with zero attached hydrogens (tertiary/aromatic N) is 2. The maximum absolute atomic E-state index is 12.6. The first-order valence-electron chi connectivity index (χ1n) is 6.39. The maximum atomic E-state index is 12.6. The van der Waals surface area contributed by atoms with Gasteiger partial charge in [0.05, 0.1) is 6.07 Å². The molecule has 0 bridgehead atoms. The minimum atomic E-state index is -0.783. The Bertz CT molecular complexity index is 529. The number of carbonyl (C=O) groups excluding carboxylic acids is 1. The Morgan fingerprint density at radius 1 is 1.53 bits per heavy atom. The molecule has 0 spiro atoms. The van der Waals surface area contributed by atoms with E-state index in [4.69, 9.17) is 11.6 Å². The molecule has 1 fully saturated rings. The summed E-state index contributed by atoms with van der Waals surface area (Å²) in [6.45, 7) is 3.57. The molecule has 0 radical (unpaired) electrons. The largest absolute Gasteiger partial charge is 0.317 e. The summed E-state index contributed by atoms with van der Waals surface area (Å²) in [5.41, 5.74) is 0.737. The lowest BCUT2D eigenvalue weighted by atomic mass is 10.0. The summed E-state index contributed by atoms with van der Waals surface area (Å²) in [6, 6.07) is 9.72. The van der Waals surface area contributed by atoms with Gasteiger partial charge in [0.25, 0.3) is 5.91 Å². The van der Waals surface area contributed by atoms with Crippen molar-refractivity contribution in [3.63, 3.8) is 0 Å². The second-order valence-electron chi connectivity index (χ2n) is 5.41. The smallest absolute Gasteiger partial charge is 0.255 e. The molecule has 0 aliphatic heterocycles. The van der Waals surface area contributed by atoms with E-state index in [2.05, 4.69) is 6.07 Å². The van der Waals surface area contributed by atoms with Gasteiger partial charge in [0.1, 0.15) is 5.54 Å². The highest BCUT2D eigenvalue weighted by molar-refractivity contribution is 6.17. The van der Waals surface area contributed by atoms with Crippen molar-refractivity contribution in [1.29, 1.82) is 5.26 Å².